The highest BCUT2D eigenvalue weighted by molar-refractivity contribution is 5.70. The number of ether oxygens (including phenoxy) is 3. The highest BCUT2D eigenvalue weighted by Gasteiger charge is 2.35. The predicted molar refractivity (Wildman–Crippen MR) is 186 cm³/mol. The van der Waals surface area contributed by atoms with Gasteiger partial charge in [0.05, 0.1) is 18.8 Å². The van der Waals surface area contributed by atoms with Gasteiger partial charge in [0.1, 0.15) is 6.61 Å². The molecule has 3 atom stereocenters. The van der Waals surface area contributed by atoms with Crippen LogP contribution in [0.25, 0.3) is 0 Å². The van der Waals surface area contributed by atoms with Crippen LogP contribution in [0.5, 0.6) is 0 Å². The van der Waals surface area contributed by atoms with E-state index in [9.17, 15) is 14.7 Å². The molecule has 256 valence electrons. The Bertz CT molecular complexity index is 871. The summed E-state index contributed by atoms with van der Waals surface area (Å²) in [6.45, 7) is 3.92. The molecule has 0 amide bonds. The molecule has 0 aromatic heterocycles. The molecule has 1 heterocycles. The molecule has 1 aliphatic rings. The van der Waals surface area contributed by atoms with Crippen molar-refractivity contribution in [1.82, 2.24) is 0 Å². The fraction of sp³-hybridized carbons (Fsp3) is 0.692. The van der Waals surface area contributed by atoms with Gasteiger partial charge in [0.2, 0.25) is 0 Å². The number of unbranched alkanes of at least 4 members (excludes halogenated alkanes) is 10. The van der Waals surface area contributed by atoms with Crippen molar-refractivity contribution in [2.45, 2.75) is 161 Å². The van der Waals surface area contributed by atoms with Crippen LogP contribution >= 0.6 is 0 Å². The quantitative estimate of drug-likeness (QED) is 0.0369. The van der Waals surface area contributed by atoms with E-state index >= 15 is 0 Å². The summed E-state index contributed by atoms with van der Waals surface area (Å²) in [5.74, 6) is -0.698. The number of esters is 2. The van der Waals surface area contributed by atoms with E-state index in [2.05, 4.69) is 62.5 Å². The second-order valence-corrected chi connectivity index (χ2v) is 12.0. The van der Waals surface area contributed by atoms with Gasteiger partial charge in [-0.2, -0.15) is 0 Å². The van der Waals surface area contributed by atoms with E-state index in [1.165, 1.54) is 51.4 Å². The molecule has 0 saturated carbocycles. The van der Waals surface area contributed by atoms with Gasteiger partial charge in [0, 0.05) is 12.8 Å². The van der Waals surface area contributed by atoms with Crippen LogP contribution in [0.1, 0.15) is 142 Å². The maximum atomic E-state index is 12.1. The van der Waals surface area contributed by atoms with E-state index in [0.717, 1.165) is 57.8 Å². The number of carbonyl (C=O) groups is 2. The summed E-state index contributed by atoms with van der Waals surface area (Å²) in [5.41, 5.74) is 0. The second kappa shape index (κ2) is 30.2. The van der Waals surface area contributed by atoms with Crippen molar-refractivity contribution in [2.75, 3.05) is 13.2 Å². The maximum absolute atomic E-state index is 12.1. The minimum atomic E-state index is -0.803. The van der Waals surface area contributed by atoms with Gasteiger partial charge in [0.15, 0.2) is 6.10 Å². The average molecular weight is 629 g/mol. The van der Waals surface area contributed by atoms with Crippen molar-refractivity contribution >= 4 is 11.9 Å². The molecule has 0 aromatic rings. The normalized spacial score (nSPS) is 17.4. The fourth-order valence-corrected chi connectivity index (χ4v) is 4.91. The fourth-order valence-electron chi connectivity index (χ4n) is 4.91. The lowest BCUT2D eigenvalue weighted by Crippen LogP contribution is -2.28. The van der Waals surface area contributed by atoms with Crippen LogP contribution in [0.4, 0.5) is 0 Å². The number of rotatable bonds is 30. The Morgan fingerprint density at radius 2 is 1.16 bits per heavy atom. The Morgan fingerprint density at radius 3 is 1.71 bits per heavy atom. The van der Waals surface area contributed by atoms with Gasteiger partial charge >= 0.3 is 11.9 Å². The first-order valence-corrected chi connectivity index (χ1v) is 18.0. The van der Waals surface area contributed by atoms with Crippen LogP contribution in [-0.2, 0) is 23.8 Å². The Kier molecular flexibility index (Phi) is 27.3. The van der Waals surface area contributed by atoms with Crippen molar-refractivity contribution in [3.8, 4) is 0 Å². The molecule has 45 heavy (non-hydrogen) atoms. The molecule has 1 rings (SSSR count). The van der Waals surface area contributed by atoms with Crippen LogP contribution < -0.4 is 0 Å². The minimum absolute atomic E-state index is 0.110. The molecule has 2 unspecified atom stereocenters. The van der Waals surface area contributed by atoms with Gasteiger partial charge < -0.3 is 19.3 Å². The van der Waals surface area contributed by atoms with Crippen LogP contribution in [0.15, 0.2) is 60.8 Å². The zero-order valence-electron chi connectivity index (χ0n) is 28.6. The molecule has 0 radical (unpaired) electrons. The standard InChI is InChI=1S/C39H64O6/c1-3-5-7-8-9-10-13-18-21-24-28-32-39(42)44-35(33-40)34-43-38(41)31-27-23-20-17-15-12-11-14-16-19-22-26-30-37-36(45-37)29-25-6-4-2/h6,12,14-16,20,22-23,25-26,35-37,40H,3-5,7-11,13,17-19,21,24,27-34H2,1-2H3/b15-12-,16-14-,23-20-,25-6-,26-22-/t35-,36?,37?/m0/s1. The Balaban J connectivity index is 1.96. The molecule has 0 aromatic carbocycles. The van der Waals surface area contributed by atoms with Gasteiger partial charge in [-0.3, -0.25) is 9.59 Å². The first-order chi connectivity index (χ1) is 22.1. The smallest absolute Gasteiger partial charge is 0.306 e. The molecule has 1 saturated heterocycles. The number of allylic oxidation sites excluding steroid dienone is 8. The van der Waals surface area contributed by atoms with Crippen molar-refractivity contribution in [3.05, 3.63) is 60.8 Å². The summed E-state index contributed by atoms with van der Waals surface area (Å²) in [7, 11) is 0. The summed E-state index contributed by atoms with van der Waals surface area (Å²) in [6, 6.07) is 0. The Hall–Kier alpha value is -2.44. The predicted octanol–water partition coefficient (Wildman–Crippen LogP) is 9.82. The number of aliphatic hydroxyl groups excluding tert-OH is 1. The molecular formula is C39H64O6. The first-order valence-electron chi connectivity index (χ1n) is 18.0. The van der Waals surface area contributed by atoms with Gasteiger partial charge in [-0.25, -0.2) is 0 Å². The number of carbonyl (C=O) groups excluding carboxylic acids is 2. The van der Waals surface area contributed by atoms with Crippen LogP contribution in [-0.4, -0.2) is 48.6 Å². The summed E-state index contributed by atoms with van der Waals surface area (Å²) in [4.78, 5) is 24.1. The number of hydrogen-bond donors (Lipinski definition) is 1. The van der Waals surface area contributed by atoms with Gasteiger partial charge in [-0.05, 0) is 51.4 Å². The van der Waals surface area contributed by atoms with Gasteiger partial charge in [0.25, 0.3) is 0 Å². The van der Waals surface area contributed by atoms with Crippen LogP contribution in [0.3, 0.4) is 0 Å². The third-order valence-corrected chi connectivity index (χ3v) is 7.74. The largest absolute Gasteiger partial charge is 0.462 e. The van der Waals surface area contributed by atoms with Gasteiger partial charge in [-0.1, -0.05) is 139 Å². The van der Waals surface area contributed by atoms with E-state index in [-0.39, 0.29) is 31.6 Å². The molecule has 6 heteroatoms. The molecule has 0 spiro atoms. The van der Waals surface area contributed by atoms with E-state index in [1.807, 2.05) is 12.2 Å². The Morgan fingerprint density at radius 1 is 0.644 bits per heavy atom. The molecule has 1 fully saturated rings. The van der Waals surface area contributed by atoms with Gasteiger partial charge in [-0.15, -0.1) is 0 Å². The highest BCUT2D eigenvalue weighted by Crippen LogP contribution is 2.29. The van der Waals surface area contributed by atoms with E-state index in [0.29, 0.717) is 25.0 Å². The molecular weight excluding hydrogens is 564 g/mol. The monoisotopic (exact) mass is 628 g/mol. The summed E-state index contributed by atoms with van der Waals surface area (Å²) >= 11 is 0. The van der Waals surface area contributed by atoms with Crippen LogP contribution in [0.2, 0.25) is 0 Å². The maximum Gasteiger partial charge on any atom is 0.306 e. The average Bonchev–Trinajstić information content (AvgIpc) is 3.79. The third kappa shape index (κ3) is 26.5. The molecule has 1 aliphatic heterocycles. The molecule has 1 N–H and O–H groups in total. The van der Waals surface area contributed by atoms with E-state index in [4.69, 9.17) is 14.2 Å². The highest BCUT2D eigenvalue weighted by atomic mass is 16.6. The molecule has 6 nitrogen and oxygen atoms in total. The van der Waals surface area contributed by atoms with E-state index < -0.39 is 6.10 Å². The molecule has 0 aliphatic carbocycles. The topological polar surface area (TPSA) is 85.4 Å². The minimum Gasteiger partial charge on any atom is -0.462 e. The summed E-state index contributed by atoms with van der Waals surface area (Å²) in [6.07, 6.45) is 41.8. The lowest BCUT2D eigenvalue weighted by atomic mass is 10.1. The SMILES string of the molecule is CC/C=C\CC1OC1C/C=C\C/C=C\C/C=C\C/C=C\CCC(=O)OC[C@H](CO)OC(=O)CCCCCCCCCCCCC. The zero-order valence-corrected chi connectivity index (χ0v) is 28.6. The lowest BCUT2D eigenvalue weighted by Gasteiger charge is -2.15. The molecule has 0 bridgehead atoms. The first kappa shape index (κ1) is 40.6. The number of hydrogen-bond acceptors (Lipinski definition) is 6. The van der Waals surface area contributed by atoms with E-state index in [1.54, 1.807) is 0 Å². The summed E-state index contributed by atoms with van der Waals surface area (Å²) in [5, 5.41) is 9.50. The Labute approximate surface area is 275 Å². The summed E-state index contributed by atoms with van der Waals surface area (Å²) < 4.78 is 16.2. The lowest BCUT2D eigenvalue weighted by molar-refractivity contribution is -0.161. The second-order valence-electron chi connectivity index (χ2n) is 12.0. The van der Waals surface area contributed by atoms with Crippen molar-refractivity contribution in [1.29, 1.82) is 0 Å². The van der Waals surface area contributed by atoms with Crippen molar-refractivity contribution < 1.29 is 28.9 Å². The third-order valence-electron chi connectivity index (χ3n) is 7.74. The number of aliphatic hydroxyl groups is 1. The number of epoxide rings is 1. The van der Waals surface area contributed by atoms with Crippen LogP contribution in [0, 0.1) is 0 Å². The van der Waals surface area contributed by atoms with Crippen molar-refractivity contribution in [2.24, 2.45) is 0 Å². The zero-order chi connectivity index (χ0) is 32.6. The van der Waals surface area contributed by atoms with Crippen molar-refractivity contribution in [3.63, 3.8) is 0 Å².